The molecule has 0 aromatic carbocycles. The van der Waals surface area contributed by atoms with Gasteiger partial charge in [-0.2, -0.15) is 4.98 Å². The molecule has 1 aliphatic rings. The topological polar surface area (TPSA) is 51.4 Å². The minimum Gasteiger partial charge on any atom is -0.481 e. The molecule has 100 valence electrons. The molecular weight excluding hydrogens is 226 g/mol. The predicted molar refractivity (Wildman–Crippen MR) is 75.0 cm³/mol. The molecule has 0 unspecified atom stereocenters. The standard InChI is InChI=1S/C14H23N3O/c1-17(10-11-6-4-3-5-7-11)14-12(15)8-9-13(16-14)18-2/h8-9,11H,3-7,10,15H2,1-2H3. The normalized spacial score (nSPS) is 16.6. The van der Waals surface area contributed by atoms with Crippen molar-refractivity contribution in [2.24, 2.45) is 5.92 Å². The molecule has 18 heavy (non-hydrogen) atoms. The van der Waals surface area contributed by atoms with Gasteiger partial charge in [0.15, 0.2) is 5.82 Å². The van der Waals surface area contributed by atoms with E-state index in [1.165, 1.54) is 32.1 Å². The SMILES string of the molecule is COc1ccc(N)c(N(C)CC2CCCCC2)n1. The molecule has 0 amide bonds. The molecule has 4 heteroatoms. The molecule has 2 rings (SSSR count). The average Bonchev–Trinajstić information content (AvgIpc) is 2.40. The van der Waals surface area contributed by atoms with Gasteiger partial charge in [0.05, 0.1) is 12.8 Å². The molecule has 1 heterocycles. The van der Waals surface area contributed by atoms with Crippen LogP contribution in [-0.4, -0.2) is 25.7 Å². The second-order valence-electron chi connectivity index (χ2n) is 5.15. The number of rotatable bonds is 4. The lowest BCUT2D eigenvalue weighted by Gasteiger charge is -2.28. The number of pyridine rings is 1. The first kappa shape index (κ1) is 13.0. The molecular formula is C14H23N3O. The lowest BCUT2D eigenvalue weighted by atomic mass is 9.89. The molecule has 0 radical (unpaired) electrons. The maximum absolute atomic E-state index is 5.99. The van der Waals surface area contributed by atoms with Crippen molar-refractivity contribution in [3.63, 3.8) is 0 Å². The van der Waals surface area contributed by atoms with Crippen LogP contribution < -0.4 is 15.4 Å². The largest absolute Gasteiger partial charge is 0.481 e. The highest BCUT2D eigenvalue weighted by atomic mass is 16.5. The van der Waals surface area contributed by atoms with Gasteiger partial charge in [0.1, 0.15) is 0 Å². The second-order valence-corrected chi connectivity index (χ2v) is 5.15. The van der Waals surface area contributed by atoms with Gasteiger partial charge in [-0.25, -0.2) is 0 Å². The number of hydrogen-bond acceptors (Lipinski definition) is 4. The van der Waals surface area contributed by atoms with Crippen LogP contribution in [0.3, 0.4) is 0 Å². The fourth-order valence-electron chi connectivity index (χ4n) is 2.70. The maximum atomic E-state index is 5.99. The van der Waals surface area contributed by atoms with E-state index in [1.807, 2.05) is 6.07 Å². The summed E-state index contributed by atoms with van der Waals surface area (Å²) >= 11 is 0. The van der Waals surface area contributed by atoms with Gasteiger partial charge in [0, 0.05) is 19.7 Å². The van der Waals surface area contributed by atoms with Crippen molar-refractivity contribution in [2.75, 3.05) is 31.3 Å². The third-order valence-corrected chi connectivity index (χ3v) is 3.71. The van der Waals surface area contributed by atoms with Crippen LogP contribution in [-0.2, 0) is 0 Å². The van der Waals surface area contributed by atoms with Crippen LogP contribution >= 0.6 is 0 Å². The van der Waals surface area contributed by atoms with Crippen LogP contribution in [0.4, 0.5) is 11.5 Å². The van der Waals surface area contributed by atoms with Gasteiger partial charge >= 0.3 is 0 Å². The van der Waals surface area contributed by atoms with E-state index in [4.69, 9.17) is 10.5 Å². The molecule has 1 aliphatic carbocycles. The number of nitrogen functional groups attached to an aromatic ring is 1. The average molecular weight is 249 g/mol. The summed E-state index contributed by atoms with van der Waals surface area (Å²) in [5.74, 6) is 2.23. The van der Waals surface area contributed by atoms with E-state index >= 15 is 0 Å². The van der Waals surface area contributed by atoms with Gasteiger partial charge in [-0.15, -0.1) is 0 Å². The zero-order chi connectivity index (χ0) is 13.0. The van der Waals surface area contributed by atoms with E-state index in [2.05, 4.69) is 16.9 Å². The Balaban J connectivity index is 2.04. The summed E-state index contributed by atoms with van der Waals surface area (Å²) in [7, 11) is 3.69. The van der Waals surface area contributed by atoms with Crippen LogP contribution in [0.5, 0.6) is 5.88 Å². The summed E-state index contributed by atoms with van der Waals surface area (Å²) < 4.78 is 5.16. The molecule has 4 nitrogen and oxygen atoms in total. The first-order valence-corrected chi connectivity index (χ1v) is 6.72. The van der Waals surface area contributed by atoms with Crippen molar-refractivity contribution >= 4 is 11.5 Å². The van der Waals surface area contributed by atoms with Gasteiger partial charge in [0.25, 0.3) is 0 Å². The molecule has 0 aliphatic heterocycles. The predicted octanol–water partition coefficient (Wildman–Crippen LogP) is 2.69. The summed E-state index contributed by atoms with van der Waals surface area (Å²) in [6.45, 7) is 1.03. The Kier molecular flexibility index (Phi) is 4.28. The minimum absolute atomic E-state index is 0.620. The Bertz CT molecular complexity index is 389. The summed E-state index contributed by atoms with van der Waals surface area (Å²) in [6, 6.07) is 3.66. The molecule has 1 saturated carbocycles. The molecule has 1 aromatic heterocycles. The Labute approximate surface area is 109 Å². The first-order valence-electron chi connectivity index (χ1n) is 6.72. The lowest BCUT2D eigenvalue weighted by Crippen LogP contribution is -2.28. The number of nitrogens with two attached hydrogens (primary N) is 1. The molecule has 0 bridgehead atoms. The van der Waals surface area contributed by atoms with Crippen LogP contribution in [0.1, 0.15) is 32.1 Å². The quantitative estimate of drug-likeness (QED) is 0.891. The van der Waals surface area contributed by atoms with Crippen molar-refractivity contribution < 1.29 is 4.74 Å². The molecule has 0 saturated heterocycles. The zero-order valence-electron chi connectivity index (χ0n) is 11.4. The number of ether oxygens (including phenoxy) is 1. The Hall–Kier alpha value is -1.45. The number of aromatic nitrogens is 1. The number of methoxy groups -OCH3 is 1. The molecule has 0 spiro atoms. The molecule has 1 aromatic rings. The number of anilines is 2. The smallest absolute Gasteiger partial charge is 0.215 e. The van der Waals surface area contributed by atoms with E-state index in [0.717, 1.165) is 18.3 Å². The summed E-state index contributed by atoms with van der Waals surface area (Å²) in [6.07, 6.45) is 6.77. The Morgan fingerprint density at radius 2 is 2.06 bits per heavy atom. The van der Waals surface area contributed by atoms with Crippen molar-refractivity contribution in [1.29, 1.82) is 0 Å². The Morgan fingerprint density at radius 1 is 1.33 bits per heavy atom. The summed E-state index contributed by atoms with van der Waals surface area (Å²) in [5, 5.41) is 0. The Morgan fingerprint density at radius 3 is 2.72 bits per heavy atom. The van der Waals surface area contributed by atoms with E-state index in [-0.39, 0.29) is 0 Å². The third kappa shape index (κ3) is 3.06. The lowest BCUT2D eigenvalue weighted by molar-refractivity contribution is 0.361. The highest BCUT2D eigenvalue weighted by molar-refractivity contribution is 5.63. The van der Waals surface area contributed by atoms with Crippen molar-refractivity contribution in [3.05, 3.63) is 12.1 Å². The van der Waals surface area contributed by atoms with Gasteiger partial charge in [-0.05, 0) is 24.8 Å². The van der Waals surface area contributed by atoms with Crippen LogP contribution in [0.2, 0.25) is 0 Å². The summed E-state index contributed by atoms with van der Waals surface area (Å²) in [5.41, 5.74) is 6.71. The highest BCUT2D eigenvalue weighted by Crippen LogP contribution is 2.28. The fourth-order valence-corrected chi connectivity index (χ4v) is 2.70. The van der Waals surface area contributed by atoms with Gasteiger partial charge < -0.3 is 15.4 Å². The third-order valence-electron chi connectivity index (χ3n) is 3.71. The van der Waals surface area contributed by atoms with Crippen LogP contribution in [0.15, 0.2) is 12.1 Å². The summed E-state index contributed by atoms with van der Waals surface area (Å²) in [4.78, 5) is 6.60. The van der Waals surface area contributed by atoms with E-state index in [0.29, 0.717) is 11.6 Å². The van der Waals surface area contributed by atoms with Gasteiger partial charge in [-0.3, -0.25) is 0 Å². The molecule has 1 fully saturated rings. The molecule has 2 N–H and O–H groups in total. The van der Waals surface area contributed by atoms with Gasteiger partial charge in [-0.1, -0.05) is 19.3 Å². The van der Waals surface area contributed by atoms with Crippen molar-refractivity contribution in [2.45, 2.75) is 32.1 Å². The number of nitrogens with zero attached hydrogens (tertiary/aromatic N) is 2. The zero-order valence-corrected chi connectivity index (χ0v) is 11.4. The van der Waals surface area contributed by atoms with E-state index < -0.39 is 0 Å². The van der Waals surface area contributed by atoms with Crippen LogP contribution in [0.25, 0.3) is 0 Å². The van der Waals surface area contributed by atoms with E-state index in [1.54, 1.807) is 13.2 Å². The first-order chi connectivity index (χ1) is 8.70. The monoisotopic (exact) mass is 249 g/mol. The van der Waals surface area contributed by atoms with Crippen LogP contribution in [0, 0.1) is 5.92 Å². The van der Waals surface area contributed by atoms with E-state index in [9.17, 15) is 0 Å². The number of hydrogen-bond donors (Lipinski definition) is 1. The van der Waals surface area contributed by atoms with Gasteiger partial charge in [0.2, 0.25) is 5.88 Å². The highest BCUT2D eigenvalue weighted by Gasteiger charge is 2.17. The van der Waals surface area contributed by atoms with Crippen molar-refractivity contribution in [3.8, 4) is 5.88 Å². The van der Waals surface area contributed by atoms with Crippen molar-refractivity contribution in [1.82, 2.24) is 4.98 Å². The molecule has 0 atom stereocenters. The minimum atomic E-state index is 0.620. The fraction of sp³-hybridized carbons (Fsp3) is 0.643. The second kappa shape index (κ2) is 5.94. The maximum Gasteiger partial charge on any atom is 0.215 e.